The molecule has 4 heterocycles. The smallest absolute Gasteiger partial charge is 0.870 e. The molecule has 0 saturated carbocycles. The third-order valence-corrected chi connectivity index (χ3v) is 19.1. The maximum Gasteiger partial charge on any atom is 1.00 e. The molecule has 0 saturated heterocycles. The van der Waals surface area contributed by atoms with Gasteiger partial charge in [0.25, 0.3) is 0 Å². The number of benzene rings is 7. The van der Waals surface area contributed by atoms with Gasteiger partial charge < -0.3 is 69.6 Å². The van der Waals surface area contributed by atoms with Crippen LogP contribution < -0.4 is 58.0 Å². The molecular weight excluding hydrogens is 1720 g/mol. The molecule has 11 aromatic rings. The summed E-state index contributed by atoms with van der Waals surface area (Å²) in [5.41, 5.74) is 7.23. The Balaban J connectivity index is 0.000000577. The van der Waals surface area contributed by atoms with Gasteiger partial charge in [0, 0.05) is 49.8 Å². The van der Waals surface area contributed by atoms with Crippen molar-refractivity contribution in [2.75, 3.05) is 61.0 Å². The van der Waals surface area contributed by atoms with Gasteiger partial charge in [0.2, 0.25) is 17.6 Å². The second kappa shape index (κ2) is 54.5. The number of nitrogens with zero attached hydrogens (tertiary/aromatic N) is 4. The summed E-state index contributed by atoms with van der Waals surface area (Å²) in [6, 6.07) is 48.6. The van der Waals surface area contributed by atoms with Crippen LogP contribution in [0.25, 0.3) is 55.8 Å². The van der Waals surface area contributed by atoms with E-state index in [4.69, 9.17) is 60.3 Å². The maximum absolute atomic E-state index is 13.2. The number of aromatic nitrogens is 4. The van der Waals surface area contributed by atoms with E-state index in [1.807, 2.05) is 217 Å². The number of unbranched alkanes of at least 4 members (excludes halogenated alkanes) is 1. The quantitative estimate of drug-likeness (QED) is 0.00616. The summed E-state index contributed by atoms with van der Waals surface area (Å²) in [5, 5.41) is 13.2. The number of para-hydroxylation sites is 4. The summed E-state index contributed by atoms with van der Waals surface area (Å²) in [6.45, 7) is 42.9. The number of carbonyl (C=O) groups excluding carboxylic acids is 7. The molecule has 0 amide bonds. The van der Waals surface area contributed by atoms with Crippen LogP contribution in [-0.4, -0.2) is 167 Å². The van der Waals surface area contributed by atoms with Crippen molar-refractivity contribution in [3.05, 3.63) is 254 Å². The van der Waals surface area contributed by atoms with Gasteiger partial charge in [-0.25, -0.2) is 34.3 Å². The van der Waals surface area contributed by atoms with Crippen LogP contribution in [-0.2, 0) is 38.1 Å². The molecule has 0 fully saturated rings. The van der Waals surface area contributed by atoms with Crippen LogP contribution in [0.1, 0.15) is 229 Å². The molecule has 0 aliphatic rings. The second-order valence-corrected chi connectivity index (χ2v) is 34.1. The Bertz CT molecular complexity index is 5790. The predicted molar refractivity (Wildman–Crippen MR) is 523 cm³/mol. The molecule has 133 heavy (non-hydrogen) atoms. The minimum absolute atomic E-state index is 0. The van der Waals surface area contributed by atoms with Crippen molar-refractivity contribution in [2.24, 2.45) is 0 Å². The summed E-state index contributed by atoms with van der Waals surface area (Å²) in [4.78, 5) is 114. The van der Waals surface area contributed by atoms with Crippen LogP contribution in [0.2, 0.25) is 5.15 Å². The molecule has 25 nitrogen and oxygen atoms in total. The summed E-state index contributed by atoms with van der Waals surface area (Å²) in [5.74, 6) is 0.289. The van der Waals surface area contributed by atoms with Crippen LogP contribution in [0.4, 0.5) is 0 Å². The molecule has 0 aliphatic carbocycles. The number of Topliss-reactive ketones (excluding diaryl/α,β-unsaturated/α-hetero) is 2. The first-order valence-electron chi connectivity index (χ1n) is 43.1. The van der Waals surface area contributed by atoms with E-state index in [9.17, 15) is 43.5 Å². The molecule has 0 bridgehead atoms. The van der Waals surface area contributed by atoms with Gasteiger partial charge in [-0.3, -0.25) is 24.0 Å². The number of ketones is 4. The number of halogens is 1. The van der Waals surface area contributed by atoms with E-state index in [2.05, 4.69) is 38.5 Å². The Morgan fingerprint density at radius 3 is 1.01 bits per heavy atom. The standard InChI is InChI=1S/C31H37NO6.C28H31NO5.C17H24O4.C14H15NO3.C11H8ClNO.C3H7O.2CH4.Na.H2O/c1-20-17-22(18-21(2)27(20)37-31(6,7)29(34)38-30(3,4)5)13-14-26(33)24-19-23-11-9-10-12-25(23)32-28(24)36-16-15-35-8;1-6-7-14-33-26-22(17-21-10-8-9-11-23(21)29-26)24(30)13-12-20-15-18(2)25(19(3)16-20)34-28(4,5)27(31)32;1-11-8-13(10-18)9-12(2)14(11)20-17(6,7)15(19)21-16(3,4)5;1-10(16)12-9-11-5-3-4-6-13(11)15-14(12)18-8-7-17-2;1-7(14)9-6-8-4-2-3-5-10(8)13-11(9)12;1-3-4-2;;;;/h9-14,17-19H,15-16H2,1-8H3;8-13,15-17H,6-7,14H2,1-5H3,(H,31,32);8-10H,1-7H3;3-6,9H,7-8H2,1-2H3;2-6H,1H3;1,3H2,2H3;2*1H4;;1H2/q;;;;;-1;;;+1;/p-1/b14-13+;13-12+;;;;;;;;/i;;;;;;1T;;;. The first-order chi connectivity index (χ1) is 61.7. The zero-order valence-electron chi connectivity index (χ0n) is 82.1. The van der Waals surface area contributed by atoms with Gasteiger partial charge >= 0.3 is 47.5 Å². The molecule has 7 aromatic carbocycles. The number of hydrogen-bond acceptors (Lipinski definition) is 24. The number of aryl methyl sites for hydroxylation is 6. The van der Waals surface area contributed by atoms with Gasteiger partial charge in [0.05, 0.1) is 64.1 Å². The molecule has 2 N–H and O–H groups in total. The number of pyridine rings is 4. The van der Waals surface area contributed by atoms with E-state index in [-0.39, 0.29) is 83.2 Å². The van der Waals surface area contributed by atoms with Gasteiger partial charge in [0.1, 0.15) is 53.1 Å². The molecule has 0 spiro atoms. The van der Waals surface area contributed by atoms with Gasteiger partial charge in [0.15, 0.2) is 39.9 Å². The number of hydrogen-bond donors (Lipinski definition) is 1. The molecule has 27 heteroatoms. The molecule has 0 aliphatic heterocycles. The van der Waals surface area contributed by atoms with Crippen molar-refractivity contribution in [3.63, 3.8) is 0 Å². The fraction of sp³-hybridized carbons (Fsp3) is 0.368. The molecule has 0 radical (unpaired) electrons. The largest absolute Gasteiger partial charge is 1.00 e. The third kappa shape index (κ3) is 36.3. The Morgan fingerprint density at radius 1 is 0.429 bits per heavy atom. The van der Waals surface area contributed by atoms with Gasteiger partial charge in [-0.05, 0) is 286 Å². The second-order valence-electron chi connectivity index (χ2n) is 33.7. The normalized spacial score (nSPS) is 11.1. The first-order valence-corrected chi connectivity index (χ1v) is 42.5. The molecule has 4 aromatic heterocycles. The van der Waals surface area contributed by atoms with Gasteiger partial charge in [-0.15, -0.1) is 0 Å². The van der Waals surface area contributed by atoms with Crippen LogP contribution in [0.15, 0.2) is 170 Å². The van der Waals surface area contributed by atoms with Crippen molar-refractivity contribution >= 4 is 115 Å². The van der Waals surface area contributed by atoms with Crippen LogP contribution in [0.3, 0.4) is 0 Å². The maximum atomic E-state index is 13.2. The zero-order chi connectivity index (χ0) is 97.9. The number of carboxylic acids is 1. The molecule has 11 rings (SSSR count). The number of ether oxygens (including phenoxy) is 11. The minimum Gasteiger partial charge on any atom is -0.870 e. The van der Waals surface area contributed by atoms with Crippen LogP contribution in [0.5, 0.6) is 34.9 Å². The molecule has 710 valence electrons. The Labute approximate surface area is 812 Å². The number of allylic oxidation sites excluding steroid dienone is 2. The third-order valence-electron chi connectivity index (χ3n) is 18.8. The zero-order valence-corrected chi connectivity index (χ0v) is 83.8. The minimum atomic E-state index is -1.35. The number of methoxy groups -OCH3 is 3. The SMILES string of the molecule is C.CC(=O)c1cc2ccccc2nc1Cl.CCCCOc1nc2ccccc2cc1C(=O)/C=C/c1cc(C)c(OC(C)(C)C(=O)O)c(C)c1.COCCOc1nc2ccccc2cc1C(=O)/C=C/c1cc(C)c(OC(C)(C)C(=O)OC(C)(C)C)c(C)c1.COCCOc1nc2ccccc2cc1C(C)=O.Cc1cc(C=O)cc(C)c1OC(C)(C)C(=O)OC(C)(C)C.[3H]C.[CH2-]COC.[Na+].[OH-]. The summed E-state index contributed by atoms with van der Waals surface area (Å²) in [6.07, 6.45) is 9.16. The number of carbonyl (C=O) groups is 8. The van der Waals surface area contributed by atoms with Crippen molar-refractivity contribution in [1.82, 2.24) is 19.9 Å². The van der Waals surface area contributed by atoms with Gasteiger partial charge in [-0.2, -0.15) is 0 Å². The summed E-state index contributed by atoms with van der Waals surface area (Å²) < 4.78 is 65.9. The van der Waals surface area contributed by atoms with Crippen molar-refractivity contribution in [2.45, 2.75) is 201 Å². The number of aldehydes is 1. The van der Waals surface area contributed by atoms with Crippen molar-refractivity contribution in [1.29, 1.82) is 0 Å². The number of esters is 2. The van der Waals surface area contributed by atoms with E-state index in [1.165, 1.54) is 47.2 Å². The van der Waals surface area contributed by atoms with Crippen molar-refractivity contribution in [3.8, 4) is 34.9 Å². The molecule has 0 atom stereocenters. The number of aliphatic carboxylic acids is 1. The summed E-state index contributed by atoms with van der Waals surface area (Å²) in [7, 11) is 6.06. The van der Waals surface area contributed by atoms with E-state index in [0.29, 0.717) is 89.9 Å². The Hall–Kier alpha value is -11.7. The van der Waals surface area contributed by atoms with Crippen LogP contribution in [0, 0.1) is 48.5 Å². The van der Waals surface area contributed by atoms with Crippen molar-refractivity contribution < 1.29 is 132 Å². The monoisotopic (exact) mass is 1860 g/mol. The average Bonchev–Trinajstić information content (AvgIpc) is 0.789. The predicted octanol–water partition coefficient (Wildman–Crippen LogP) is 20.2. The fourth-order valence-electron chi connectivity index (χ4n) is 12.2. The Morgan fingerprint density at radius 2 is 0.714 bits per heavy atom. The first kappa shape index (κ1) is 116. The summed E-state index contributed by atoms with van der Waals surface area (Å²) >= 11 is 5.87. The number of rotatable bonds is 31. The van der Waals surface area contributed by atoms with E-state index in [1.54, 1.807) is 85.4 Å². The van der Waals surface area contributed by atoms with E-state index in [0.717, 1.165) is 107 Å². The fourth-order valence-corrected chi connectivity index (χ4v) is 12.5. The van der Waals surface area contributed by atoms with Gasteiger partial charge in [-0.1, -0.05) is 131 Å². The Kier molecular flexibility index (Phi) is 47.3. The molecule has 0 unspecified atom stereocenters. The number of carboxylic acid groups (broad SMARTS) is 1. The number of fused-ring (bicyclic) bond motifs is 4. The van der Waals surface area contributed by atoms with Crippen LogP contribution >= 0.6 is 11.6 Å². The van der Waals surface area contributed by atoms with E-state index >= 15 is 0 Å². The van der Waals surface area contributed by atoms with E-state index < -0.39 is 45.9 Å². The molecular formula is C106H131ClN4NaO21-. The topological polar surface area (TPSA) is 340 Å². The average molecular weight is 1860 g/mol.